The van der Waals surface area contributed by atoms with Gasteiger partial charge < -0.3 is 5.11 Å². The molecule has 1 unspecified atom stereocenters. The van der Waals surface area contributed by atoms with Gasteiger partial charge in [0.15, 0.2) is 0 Å². The molecule has 1 aromatic heterocycles. The van der Waals surface area contributed by atoms with Crippen LogP contribution in [0.1, 0.15) is 12.5 Å². The van der Waals surface area contributed by atoms with E-state index < -0.39 is 0 Å². The third-order valence-electron chi connectivity index (χ3n) is 2.50. The summed E-state index contributed by atoms with van der Waals surface area (Å²) < 4.78 is 12.8. The molecule has 0 radical (unpaired) electrons. The van der Waals surface area contributed by atoms with Crippen molar-refractivity contribution in [1.29, 1.82) is 0 Å². The predicted molar refractivity (Wildman–Crippen MR) is 65.0 cm³/mol. The number of aromatic nitrogens is 1. The topological polar surface area (TPSA) is 33.1 Å². The first kappa shape index (κ1) is 11.7. The highest BCUT2D eigenvalue weighted by molar-refractivity contribution is 5.59. The normalized spacial score (nSPS) is 12.4. The second-order valence-corrected chi connectivity index (χ2v) is 4.11. The first-order chi connectivity index (χ1) is 8.15. The lowest BCUT2D eigenvalue weighted by atomic mass is 10.1. The van der Waals surface area contributed by atoms with E-state index >= 15 is 0 Å². The second kappa shape index (κ2) is 5.06. The van der Waals surface area contributed by atoms with Crippen molar-refractivity contribution < 1.29 is 9.50 Å². The summed E-state index contributed by atoms with van der Waals surface area (Å²) in [5.41, 5.74) is 2.69. The summed E-state index contributed by atoms with van der Waals surface area (Å²) in [7, 11) is 0. The smallest absolute Gasteiger partial charge is 0.123 e. The summed E-state index contributed by atoms with van der Waals surface area (Å²) >= 11 is 0. The fourth-order valence-corrected chi connectivity index (χ4v) is 1.72. The highest BCUT2D eigenvalue weighted by Crippen LogP contribution is 2.18. The summed E-state index contributed by atoms with van der Waals surface area (Å²) in [5, 5.41) is 9.33. The number of halogens is 1. The Morgan fingerprint density at radius 1 is 1.24 bits per heavy atom. The molecule has 1 N–H and O–H groups in total. The Morgan fingerprint density at radius 3 is 2.59 bits per heavy atom. The van der Waals surface area contributed by atoms with Crippen LogP contribution in [0.5, 0.6) is 0 Å². The summed E-state index contributed by atoms with van der Waals surface area (Å²) in [6.45, 7) is 1.75. The van der Waals surface area contributed by atoms with Gasteiger partial charge in [0.1, 0.15) is 5.82 Å². The SMILES string of the molecule is CC(O)Cc1ccnc(-c2ccc(F)cc2)c1. The van der Waals surface area contributed by atoms with Crippen molar-refractivity contribution in [2.24, 2.45) is 0 Å². The van der Waals surface area contributed by atoms with Crippen LogP contribution in [0.3, 0.4) is 0 Å². The van der Waals surface area contributed by atoms with Crippen molar-refractivity contribution in [3.8, 4) is 11.3 Å². The number of aliphatic hydroxyl groups excluding tert-OH is 1. The minimum Gasteiger partial charge on any atom is -0.393 e. The molecule has 88 valence electrons. The molecule has 1 aromatic carbocycles. The molecule has 1 atom stereocenters. The van der Waals surface area contributed by atoms with Crippen molar-refractivity contribution >= 4 is 0 Å². The molecule has 0 saturated carbocycles. The molecule has 2 aromatic rings. The Hall–Kier alpha value is -1.74. The van der Waals surface area contributed by atoms with Crippen molar-refractivity contribution in [2.45, 2.75) is 19.4 Å². The lowest BCUT2D eigenvalue weighted by Crippen LogP contribution is -2.04. The standard InChI is InChI=1S/C14H14FNO/c1-10(17)8-11-6-7-16-14(9-11)12-2-4-13(15)5-3-12/h2-7,9-10,17H,8H2,1H3. The van der Waals surface area contributed by atoms with Crippen LogP contribution in [-0.2, 0) is 6.42 Å². The Morgan fingerprint density at radius 2 is 1.94 bits per heavy atom. The van der Waals surface area contributed by atoms with E-state index in [9.17, 15) is 9.50 Å². The molecule has 0 aliphatic rings. The molecule has 0 saturated heterocycles. The second-order valence-electron chi connectivity index (χ2n) is 4.11. The predicted octanol–water partition coefficient (Wildman–Crippen LogP) is 2.81. The van der Waals surface area contributed by atoms with E-state index in [1.54, 1.807) is 25.3 Å². The molecule has 3 heteroatoms. The van der Waals surface area contributed by atoms with E-state index in [2.05, 4.69) is 4.98 Å². The molecule has 0 bridgehead atoms. The largest absolute Gasteiger partial charge is 0.393 e. The molecule has 17 heavy (non-hydrogen) atoms. The average molecular weight is 231 g/mol. The van der Waals surface area contributed by atoms with Crippen molar-refractivity contribution in [3.05, 3.63) is 54.0 Å². The van der Waals surface area contributed by atoms with Gasteiger partial charge in [-0.05, 0) is 55.3 Å². The summed E-state index contributed by atoms with van der Waals surface area (Å²) in [4.78, 5) is 4.24. The van der Waals surface area contributed by atoms with Crippen molar-refractivity contribution in [2.75, 3.05) is 0 Å². The number of benzene rings is 1. The molecule has 2 nitrogen and oxygen atoms in total. The maximum absolute atomic E-state index is 12.8. The van der Waals surface area contributed by atoms with Gasteiger partial charge in [0.2, 0.25) is 0 Å². The Balaban J connectivity index is 2.29. The van der Waals surface area contributed by atoms with Crippen LogP contribution < -0.4 is 0 Å². The monoisotopic (exact) mass is 231 g/mol. The van der Waals surface area contributed by atoms with E-state index in [1.807, 2.05) is 12.1 Å². The van der Waals surface area contributed by atoms with E-state index in [0.717, 1.165) is 16.8 Å². The third-order valence-corrected chi connectivity index (χ3v) is 2.50. The van der Waals surface area contributed by atoms with Gasteiger partial charge in [-0.25, -0.2) is 4.39 Å². The van der Waals surface area contributed by atoms with Gasteiger partial charge >= 0.3 is 0 Å². The maximum atomic E-state index is 12.8. The molecule has 0 aliphatic heterocycles. The van der Waals surface area contributed by atoms with Gasteiger partial charge in [0.05, 0.1) is 11.8 Å². The van der Waals surface area contributed by atoms with Gasteiger partial charge in [0.25, 0.3) is 0 Å². The number of pyridine rings is 1. The Bertz CT molecular complexity index is 494. The average Bonchev–Trinajstić information content (AvgIpc) is 2.29. The van der Waals surface area contributed by atoms with Crippen LogP contribution in [0.2, 0.25) is 0 Å². The molecule has 1 heterocycles. The van der Waals surface area contributed by atoms with Gasteiger partial charge in [0, 0.05) is 11.8 Å². The maximum Gasteiger partial charge on any atom is 0.123 e. The first-order valence-corrected chi connectivity index (χ1v) is 5.54. The van der Waals surface area contributed by atoms with Crippen LogP contribution in [-0.4, -0.2) is 16.2 Å². The molecule has 0 fully saturated rings. The van der Waals surface area contributed by atoms with Gasteiger partial charge in [-0.2, -0.15) is 0 Å². The van der Waals surface area contributed by atoms with Gasteiger partial charge in [-0.15, -0.1) is 0 Å². The van der Waals surface area contributed by atoms with E-state index in [-0.39, 0.29) is 11.9 Å². The number of aliphatic hydroxyl groups is 1. The molecular weight excluding hydrogens is 217 g/mol. The lowest BCUT2D eigenvalue weighted by molar-refractivity contribution is 0.195. The Kier molecular flexibility index (Phi) is 3.49. The minimum atomic E-state index is -0.376. The molecule has 0 amide bonds. The number of nitrogens with zero attached hydrogens (tertiary/aromatic N) is 1. The molecule has 0 aliphatic carbocycles. The van der Waals surface area contributed by atoms with Crippen LogP contribution in [0.25, 0.3) is 11.3 Å². The number of rotatable bonds is 3. The Labute approximate surface area is 99.8 Å². The van der Waals surface area contributed by atoms with Gasteiger partial charge in [-0.1, -0.05) is 0 Å². The zero-order valence-corrected chi connectivity index (χ0v) is 9.60. The summed E-state index contributed by atoms with van der Waals surface area (Å²) in [6, 6.07) is 10.0. The third kappa shape index (κ3) is 3.11. The van der Waals surface area contributed by atoms with Crippen LogP contribution in [0.15, 0.2) is 42.6 Å². The van der Waals surface area contributed by atoms with Crippen LogP contribution in [0, 0.1) is 5.82 Å². The zero-order chi connectivity index (χ0) is 12.3. The molecular formula is C14H14FNO. The number of hydrogen-bond acceptors (Lipinski definition) is 2. The fourth-order valence-electron chi connectivity index (χ4n) is 1.72. The van der Waals surface area contributed by atoms with E-state index in [1.165, 1.54) is 12.1 Å². The first-order valence-electron chi connectivity index (χ1n) is 5.54. The highest BCUT2D eigenvalue weighted by atomic mass is 19.1. The molecule has 0 spiro atoms. The van der Waals surface area contributed by atoms with Crippen molar-refractivity contribution in [1.82, 2.24) is 4.98 Å². The highest BCUT2D eigenvalue weighted by Gasteiger charge is 2.03. The van der Waals surface area contributed by atoms with Crippen LogP contribution in [0.4, 0.5) is 4.39 Å². The van der Waals surface area contributed by atoms with Crippen LogP contribution >= 0.6 is 0 Å². The summed E-state index contributed by atoms with van der Waals surface area (Å²) in [5.74, 6) is -0.256. The van der Waals surface area contributed by atoms with E-state index in [0.29, 0.717) is 6.42 Å². The summed E-state index contributed by atoms with van der Waals surface area (Å²) in [6.07, 6.45) is 1.92. The van der Waals surface area contributed by atoms with E-state index in [4.69, 9.17) is 0 Å². The quantitative estimate of drug-likeness (QED) is 0.881. The minimum absolute atomic E-state index is 0.256. The van der Waals surface area contributed by atoms with Gasteiger partial charge in [-0.3, -0.25) is 4.98 Å². The zero-order valence-electron chi connectivity index (χ0n) is 9.60. The number of hydrogen-bond donors (Lipinski definition) is 1. The fraction of sp³-hybridized carbons (Fsp3) is 0.214. The lowest BCUT2D eigenvalue weighted by Gasteiger charge is -2.06. The molecule has 2 rings (SSSR count). The van der Waals surface area contributed by atoms with Crippen molar-refractivity contribution in [3.63, 3.8) is 0 Å².